The van der Waals surface area contributed by atoms with E-state index in [2.05, 4.69) is 5.32 Å². The van der Waals surface area contributed by atoms with Crippen LogP contribution < -0.4 is 14.4 Å². The molecular formula is C20H26N2O4S. The minimum atomic E-state index is -3.47. The molecule has 7 heteroatoms. The number of methoxy groups -OCH3 is 1. The predicted molar refractivity (Wildman–Crippen MR) is 108 cm³/mol. The van der Waals surface area contributed by atoms with Crippen LogP contribution in [-0.4, -0.2) is 40.8 Å². The van der Waals surface area contributed by atoms with Crippen LogP contribution in [-0.2, 0) is 21.2 Å². The first kappa shape index (κ1) is 20.8. The lowest BCUT2D eigenvalue weighted by atomic mass is 10.1. The fourth-order valence-electron chi connectivity index (χ4n) is 2.85. The van der Waals surface area contributed by atoms with Gasteiger partial charge in [-0.1, -0.05) is 36.4 Å². The lowest BCUT2D eigenvalue weighted by Crippen LogP contribution is -2.35. The SMILES string of the molecule is COc1ccccc1CCNC(=O)CCN(c1ccccc1C)S(C)(=O)=O. The molecule has 0 aliphatic rings. The number of hydrogen-bond donors (Lipinski definition) is 1. The van der Waals surface area contributed by atoms with Crippen LogP contribution in [0.2, 0.25) is 0 Å². The van der Waals surface area contributed by atoms with Gasteiger partial charge in [0.1, 0.15) is 5.75 Å². The summed E-state index contributed by atoms with van der Waals surface area (Å²) in [4.78, 5) is 12.2. The van der Waals surface area contributed by atoms with Gasteiger partial charge < -0.3 is 10.1 Å². The maximum Gasteiger partial charge on any atom is 0.232 e. The summed E-state index contributed by atoms with van der Waals surface area (Å²) < 4.78 is 30.9. The van der Waals surface area contributed by atoms with Crippen LogP contribution in [0.15, 0.2) is 48.5 Å². The van der Waals surface area contributed by atoms with Crippen molar-refractivity contribution in [1.29, 1.82) is 0 Å². The lowest BCUT2D eigenvalue weighted by molar-refractivity contribution is -0.120. The number of nitrogens with zero attached hydrogens (tertiary/aromatic N) is 1. The molecule has 27 heavy (non-hydrogen) atoms. The first-order valence-electron chi connectivity index (χ1n) is 8.75. The second-order valence-electron chi connectivity index (χ2n) is 6.28. The highest BCUT2D eigenvalue weighted by molar-refractivity contribution is 7.92. The number of anilines is 1. The van der Waals surface area contributed by atoms with Crippen LogP contribution in [0.25, 0.3) is 0 Å². The molecule has 1 N–H and O–H groups in total. The molecular weight excluding hydrogens is 364 g/mol. The summed E-state index contributed by atoms with van der Waals surface area (Å²) in [5.74, 6) is 0.599. The summed E-state index contributed by atoms with van der Waals surface area (Å²) in [6, 6.07) is 14.9. The second-order valence-corrected chi connectivity index (χ2v) is 8.19. The van der Waals surface area contributed by atoms with Gasteiger partial charge in [-0.15, -0.1) is 0 Å². The highest BCUT2D eigenvalue weighted by atomic mass is 32.2. The molecule has 6 nitrogen and oxygen atoms in total. The van der Waals surface area contributed by atoms with Crippen molar-refractivity contribution in [3.63, 3.8) is 0 Å². The van der Waals surface area contributed by atoms with E-state index < -0.39 is 10.0 Å². The fraction of sp³-hybridized carbons (Fsp3) is 0.350. The van der Waals surface area contributed by atoms with E-state index in [1.807, 2.05) is 43.3 Å². The molecule has 2 aromatic rings. The van der Waals surface area contributed by atoms with Gasteiger partial charge in [-0.25, -0.2) is 8.42 Å². The first-order valence-corrected chi connectivity index (χ1v) is 10.6. The zero-order valence-corrected chi connectivity index (χ0v) is 16.8. The molecule has 0 aliphatic heterocycles. The van der Waals surface area contributed by atoms with Gasteiger partial charge in [-0.05, 0) is 36.6 Å². The Morgan fingerprint density at radius 2 is 1.78 bits per heavy atom. The summed E-state index contributed by atoms with van der Waals surface area (Å²) in [6.45, 7) is 2.41. The van der Waals surface area contributed by atoms with Gasteiger partial charge in [0.05, 0.1) is 19.1 Å². The van der Waals surface area contributed by atoms with Crippen LogP contribution in [0.3, 0.4) is 0 Å². The number of nitrogens with one attached hydrogen (secondary N) is 1. The molecule has 0 aromatic heterocycles. The number of carbonyl (C=O) groups is 1. The minimum absolute atomic E-state index is 0.0906. The molecule has 0 atom stereocenters. The van der Waals surface area contributed by atoms with Gasteiger partial charge in [0.15, 0.2) is 0 Å². The Labute approximate surface area is 161 Å². The normalized spacial score (nSPS) is 11.1. The van der Waals surface area contributed by atoms with Gasteiger partial charge in [-0.2, -0.15) is 0 Å². The first-order chi connectivity index (χ1) is 12.8. The average Bonchev–Trinajstić information content (AvgIpc) is 2.62. The van der Waals surface area contributed by atoms with Gasteiger partial charge in [0.25, 0.3) is 0 Å². The van der Waals surface area contributed by atoms with Gasteiger partial charge in [0.2, 0.25) is 15.9 Å². The standard InChI is InChI=1S/C20H26N2O4S/c1-16-8-4-6-10-18(16)22(27(3,24)25)15-13-20(23)21-14-12-17-9-5-7-11-19(17)26-2/h4-11H,12-15H2,1-3H3,(H,21,23). The molecule has 0 spiro atoms. The van der Waals surface area contributed by atoms with Crippen molar-refractivity contribution in [3.05, 3.63) is 59.7 Å². The van der Waals surface area contributed by atoms with Crippen molar-refractivity contribution in [2.24, 2.45) is 0 Å². The third kappa shape index (κ3) is 5.99. The topological polar surface area (TPSA) is 75.7 Å². The highest BCUT2D eigenvalue weighted by Gasteiger charge is 2.19. The third-order valence-corrected chi connectivity index (χ3v) is 5.42. The number of hydrogen-bond acceptors (Lipinski definition) is 4. The molecule has 1 amide bonds. The van der Waals surface area contributed by atoms with E-state index in [1.165, 1.54) is 4.31 Å². The molecule has 2 aromatic carbocycles. The maximum atomic E-state index is 12.2. The van der Waals surface area contributed by atoms with E-state index in [1.54, 1.807) is 19.2 Å². The lowest BCUT2D eigenvalue weighted by Gasteiger charge is -2.23. The second kappa shape index (κ2) is 9.41. The van der Waals surface area contributed by atoms with Crippen molar-refractivity contribution in [1.82, 2.24) is 5.32 Å². The Kier molecular flexibility index (Phi) is 7.24. The molecule has 146 valence electrons. The summed E-state index contributed by atoms with van der Waals surface area (Å²) in [5, 5.41) is 2.84. The molecule has 0 heterocycles. The van der Waals surface area contributed by atoms with Crippen LogP contribution in [0.1, 0.15) is 17.5 Å². The van der Waals surface area contributed by atoms with E-state index in [9.17, 15) is 13.2 Å². The van der Waals surface area contributed by atoms with Crippen LogP contribution in [0.5, 0.6) is 5.75 Å². The average molecular weight is 391 g/mol. The fourth-order valence-corrected chi connectivity index (χ4v) is 3.83. The number of amides is 1. The number of rotatable bonds is 9. The van der Waals surface area contributed by atoms with E-state index in [-0.39, 0.29) is 18.9 Å². The maximum absolute atomic E-state index is 12.2. The Morgan fingerprint density at radius 1 is 1.11 bits per heavy atom. The Balaban J connectivity index is 1.92. The van der Waals surface area contributed by atoms with E-state index in [0.29, 0.717) is 18.7 Å². The number of sulfonamides is 1. The van der Waals surface area contributed by atoms with Gasteiger partial charge >= 0.3 is 0 Å². The number of para-hydroxylation sites is 2. The Morgan fingerprint density at radius 3 is 2.44 bits per heavy atom. The minimum Gasteiger partial charge on any atom is -0.496 e. The molecule has 0 saturated heterocycles. The predicted octanol–water partition coefficient (Wildman–Crippen LogP) is 2.52. The number of benzene rings is 2. The quantitative estimate of drug-likeness (QED) is 0.714. The number of ether oxygens (including phenoxy) is 1. The number of carbonyl (C=O) groups excluding carboxylic acids is 1. The van der Waals surface area contributed by atoms with E-state index in [4.69, 9.17) is 4.74 Å². The van der Waals surface area contributed by atoms with E-state index in [0.717, 1.165) is 23.1 Å². The summed E-state index contributed by atoms with van der Waals surface area (Å²) in [7, 11) is -1.86. The smallest absolute Gasteiger partial charge is 0.232 e. The largest absolute Gasteiger partial charge is 0.496 e. The Hall–Kier alpha value is -2.54. The highest BCUT2D eigenvalue weighted by Crippen LogP contribution is 2.22. The summed E-state index contributed by atoms with van der Waals surface area (Å²) in [5.41, 5.74) is 2.46. The molecule has 0 radical (unpaired) electrons. The van der Waals surface area contributed by atoms with Crippen LogP contribution >= 0.6 is 0 Å². The summed E-state index contributed by atoms with van der Waals surface area (Å²) in [6.07, 6.45) is 1.88. The van der Waals surface area contributed by atoms with Crippen LogP contribution in [0.4, 0.5) is 5.69 Å². The summed E-state index contributed by atoms with van der Waals surface area (Å²) >= 11 is 0. The van der Waals surface area contributed by atoms with Crippen molar-refractivity contribution in [3.8, 4) is 5.75 Å². The van der Waals surface area contributed by atoms with Crippen LogP contribution in [0, 0.1) is 6.92 Å². The molecule has 0 saturated carbocycles. The molecule has 2 rings (SSSR count). The molecule has 0 unspecified atom stereocenters. The van der Waals surface area contributed by atoms with Gasteiger partial charge in [-0.3, -0.25) is 9.10 Å². The molecule has 0 bridgehead atoms. The molecule has 0 fully saturated rings. The van der Waals surface area contributed by atoms with Crippen molar-refractivity contribution < 1.29 is 17.9 Å². The van der Waals surface area contributed by atoms with Crippen molar-refractivity contribution >= 4 is 21.6 Å². The van der Waals surface area contributed by atoms with Crippen molar-refractivity contribution in [2.45, 2.75) is 19.8 Å². The monoisotopic (exact) mass is 390 g/mol. The number of aryl methyl sites for hydroxylation is 1. The zero-order chi connectivity index (χ0) is 19.9. The third-order valence-electron chi connectivity index (χ3n) is 4.24. The van der Waals surface area contributed by atoms with E-state index >= 15 is 0 Å². The molecule has 0 aliphatic carbocycles. The van der Waals surface area contributed by atoms with Crippen molar-refractivity contribution in [2.75, 3.05) is 30.8 Å². The zero-order valence-electron chi connectivity index (χ0n) is 15.9. The van der Waals surface area contributed by atoms with Gasteiger partial charge in [0, 0.05) is 19.5 Å². The Bertz CT molecular complexity index is 881.